The van der Waals surface area contributed by atoms with Crippen LogP contribution < -0.4 is 10.6 Å². The standard InChI is InChI=1S/C20H25F2N3O2/c1-20(2,3)11-4-6-12(7-5-11)24-18(26)19(27)25-17-10-23-16-9-15(22)14(21)8-13(16)17/h8-12,23H,4-7H2,1-3H3,(H,24,26)(H,25,27). The minimum atomic E-state index is -1.02. The fourth-order valence-corrected chi connectivity index (χ4v) is 3.75. The molecular formula is C20H25F2N3O2. The molecule has 146 valence electrons. The first-order valence-electron chi connectivity index (χ1n) is 9.23. The molecule has 1 saturated carbocycles. The summed E-state index contributed by atoms with van der Waals surface area (Å²) in [5.41, 5.74) is 0.821. The highest BCUT2D eigenvalue weighted by atomic mass is 19.2. The Bertz CT molecular complexity index is 862. The number of rotatable bonds is 2. The lowest BCUT2D eigenvalue weighted by molar-refractivity contribution is -0.136. The van der Waals surface area contributed by atoms with Gasteiger partial charge in [0.05, 0.1) is 11.2 Å². The van der Waals surface area contributed by atoms with E-state index in [0.29, 0.717) is 16.8 Å². The van der Waals surface area contributed by atoms with Gasteiger partial charge in [-0.25, -0.2) is 8.78 Å². The van der Waals surface area contributed by atoms with E-state index < -0.39 is 23.4 Å². The third-order valence-electron chi connectivity index (χ3n) is 5.46. The summed E-state index contributed by atoms with van der Waals surface area (Å²) in [4.78, 5) is 27.2. The summed E-state index contributed by atoms with van der Waals surface area (Å²) in [6, 6.07) is 1.98. The topological polar surface area (TPSA) is 74.0 Å². The molecule has 1 aliphatic carbocycles. The second-order valence-electron chi connectivity index (χ2n) is 8.36. The largest absolute Gasteiger partial charge is 0.359 e. The van der Waals surface area contributed by atoms with Gasteiger partial charge in [0.1, 0.15) is 0 Å². The zero-order chi connectivity index (χ0) is 19.8. The van der Waals surface area contributed by atoms with Crippen molar-refractivity contribution in [3.05, 3.63) is 30.0 Å². The number of nitrogens with one attached hydrogen (secondary N) is 3. The van der Waals surface area contributed by atoms with Gasteiger partial charge in [-0.3, -0.25) is 9.59 Å². The Balaban J connectivity index is 1.59. The Labute approximate surface area is 156 Å². The van der Waals surface area contributed by atoms with E-state index >= 15 is 0 Å². The number of benzene rings is 1. The van der Waals surface area contributed by atoms with Crippen LogP contribution in [0, 0.1) is 23.0 Å². The monoisotopic (exact) mass is 377 g/mol. The summed E-state index contributed by atoms with van der Waals surface area (Å²) in [6.45, 7) is 6.67. The Morgan fingerprint density at radius 2 is 1.67 bits per heavy atom. The molecule has 2 amide bonds. The molecule has 1 heterocycles. The normalized spacial score (nSPS) is 20.5. The highest BCUT2D eigenvalue weighted by Crippen LogP contribution is 2.37. The Kier molecular flexibility index (Phi) is 5.22. The van der Waals surface area contributed by atoms with E-state index in [9.17, 15) is 18.4 Å². The van der Waals surface area contributed by atoms with Crippen LogP contribution in [0.1, 0.15) is 46.5 Å². The number of halogens is 2. The maximum absolute atomic E-state index is 13.4. The summed E-state index contributed by atoms with van der Waals surface area (Å²) in [6.07, 6.45) is 5.13. The number of carbonyl (C=O) groups excluding carboxylic acids is 2. The molecule has 5 nitrogen and oxygen atoms in total. The van der Waals surface area contributed by atoms with Crippen molar-refractivity contribution < 1.29 is 18.4 Å². The smallest absolute Gasteiger partial charge is 0.313 e. The molecule has 0 spiro atoms. The zero-order valence-corrected chi connectivity index (χ0v) is 15.8. The molecule has 0 atom stereocenters. The fourth-order valence-electron chi connectivity index (χ4n) is 3.75. The van der Waals surface area contributed by atoms with Crippen molar-refractivity contribution in [2.45, 2.75) is 52.5 Å². The van der Waals surface area contributed by atoms with Gasteiger partial charge >= 0.3 is 11.8 Å². The van der Waals surface area contributed by atoms with Gasteiger partial charge in [-0.1, -0.05) is 20.8 Å². The van der Waals surface area contributed by atoms with Crippen LogP contribution in [0.15, 0.2) is 18.3 Å². The van der Waals surface area contributed by atoms with Crippen LogP contribution >= 0.6 is 0 Å². The van der Waals surface area contributed by atoms with E-state index in [2.05, 4.69) is 36.4 Å². The summed E-state index contributed by atoms with van der Waals surface area (Å²) in [7, 11) is 0. The molecule has 1 aromatic heterocycles. The number of fused-ring (bicyclic) bond motifs is 1. The van der Waals surface area contributed by atoms with Gasteiger partial charge in [-0.05, 0) is 43.1 Å². The lowest BCUT2D eigenvalue weighted by atomic mass is 9.71. The number of anilines is 1. The average molecular weight is 377 g/mol. The Hall–Kier alpha value is -2.44. The second kappa shape index (κ2) is 7.29. The lowest BCUT2D eigenvalue weighted by Crippen LogP contribution is -2.44. The third kappa shape index (κ3) is 4.28. The average Bonchev–Trinajstić information content (AvgIpc) is 2.96. The number of carbonyl (C=O) groups is 2. The molecule has 0 saturated heterocycles. The van der Waals surface area contributed by atoms with Crippen molar-refractivity contribution in [3.8, 4) is 0 Å². The molecule has 3 rings (SSSR count). The first kappa shape index (κ1) is 19.3. The van der Waals surface area contributed by atoms with Crippen LogP contribution in [0.5, 0.6) is 0 Å². The van der Waals surface area contributed by atoms with E-state index in [1.54, 1.807) is 0 Å². The van der Waals surface area contributed by atoms with E-state index in [1.165, 1.54) is 6.20 Å². The molecule has 0 unspecified atom stereocenters. The molecule has 0 aliphatic heterocycles. The molecular weight excluding hydrogens is 352 g/mol. The van der Waals surface area contributed by atoms with Gasteiger partial charge in [-0.15, -0.1) is 0 Å². The molecule has 2 aromatic rings. The Morgan fingerprint density at radius 1 is 1.04 bits per heavy atom. The number of aromatic nitrogens is 1. The van der Waals surface area contributed by atoms with E-state index in [1.807, 2.05) is 0 Å². The van der Waals surface area contributed by atoms with E-state index in [4.69, 9.17) is 0 Å². The fraction of sp³-hybridized carbons (Fsp3) is 0.500. The first-order chi connectivity index (χ1) is 12.6. The van der Waals surface area contributed by atoms with Crippen LogP contribution in [0.3, 0.4) is 0 Å². The van der Waals surface area contributed by atoms with Crippen LogP contribution in [0.25, 0.3) is 10.9 Å². The predicted octanol–water partition coefficient (Wildman–Crippen LogP) is 4.11. The third-order valence-corrected chi connectivity index (χ3v) is 5.46. The zero-order valence-electron chi connectivity index (χ0n) is 15.8. The van der Waals surface area contributed by atoms with Crippen molar-refractivity contribution in [3.63, 3.8) is 0 Å². The minimum absolute atomic E-state index is 0.0173. The van der Waals surface area contributed by atoms with Crippen molar-refractivity contribution in [2.24, 2.45) is 11.3 Å². The Morgan fingerprint density at radius 3 is 2.30 bits per heavy atom. The van der Waals surface area contributed by atoms with Crippen LogP contribution in [0.2, 0.25) is 0 Å². The number of H-pyrrole nitrogens is 1. The van der Waals surface area contributed by atoms with Gasteiger partial charge < -0.3 is 15.6 Å². The molecule has 1 aromatic carbocycles. The molecule has 0 bridgehead atoms. The maximum atomic E-state index is 13.4. The van der Waals surface area contributed by atoms with Crippen LogP contribution in [-0.4, -0.2) is 22.8 Å². The quantitative estimate of drug-likeness (QED) is 0.689. The highest BCUT2D eigenvalue weighted by Gasteiger charge is 2.31. The van der Waals surface area contributed by atoms with Crippen molar-refractivity contribution in [1.29, 1.82) is 0 Å². The van der Waals surface area contributed by atoms with Gasteiger partial charge in [0.25, 0.3) is 0 Å². The van der Waals surface area contributed by atoms with Gasteiger partial charge in [0, 0.05) is 23.7 Å². The van der Waals surface area contributed by atoms with Gasteiger partial charge in [0.2, 0.25) is 0 Å². The molecule has 3 N–H and O–H groups in total. The van der Waals surface area contributed by atoms with E-state index in [-0.39, 0.29) is 17.1 Å². The van der Waals surface area contributed by atoms with Crippen LogP contribution in [-0.2, 0) is 9.59 Å². The van der Waals surface area contributed by atoms with Gasteiger partial charge in [-0.2, -0.15) is 0 Å². The minimum Gasteiger partial charge on any atom is -0.359 e. The van der Waals surface area contributed by atoms with Crippen molar-refractivity contribution in [2.75, 3.05) is 5.32 Å². The maximum Gasteiger partial charge on any atom is 0.313 e. The second-order valence-corrected chi connectivity index (χ2v) is 8.36. The molecule has 0 radical (unpaired) electrons. The molecule has 7 heteroatoms. The number of hydrogen-bond donors (Lipinski definition) is 3. The highest BCUT2D eigenvalue weighted by molar-refractivity contribution is 6.40. The SMILES string of the molecule is CC(C)(C)C1CCC(NC(=O)C(=O)Nc2c[nH]c3cc(F)c(F)cc23)CC1. The summed E-state index contributed by atoms with van der Waals surface area (Å²) in [5, 5.41) is 5.55. The number of aromatic amines is 1. The predicted molar refractivity (Wildman–Crippen MR) is 100 cm³/mol. The lowest BCUT2D eigenvalue weighted by Gasteiger charge is -2.37. The number of amides is 2. The number of hydrogen-bond acceptors (Lipinski definition) is 2. The summed E-state index contributed by atoms with van der Waals surface area (Å²) < 4.78 is 26.7. The molecule has 27 heavy (non-hydrogen) atoms. The van der Waals surface area contributed by atoms with Crippen LogP contribution in [0.4, 0.5) is 14.5 Å². The first-order valence-corrected chi connectivity index (χ1v) is 9.23. The molecule has 1 aliphatic rings. The van der Waals surface area contributed by atoms with E-state index in [0.717, 1.165) is 37.8 Å². The van der Waals surface area contributed by atoms with Gasteiger partial charge in [0.15, 0.2) is 11.6 Å². The summed E-state index contributed by atoms with van der Waals surface area (Å²) >= 11 is 0. The van der Waals surface area contributed by atoms with Crippen molar-refractivity contribution in [1.82, 2.24) is 10.3 Å². The molecule has 1 fully saturated rings. The van der Waals surface area contributed by atoms with Crippen molar-refractivity contribution >= 4 is 28.4 Å². The summed E-state index contributed by atoms with van der Waals surface area (Å²) in [5.74, 6) is -2.92.